The van der Waals surface area contributed by atoms with Gasteiger partial charge in [-0.25, -0.2) is 4.57 Å². The maximum Gasteiger partial charge on any atom is 0.333 e. The van der Waals surface area contributed by atoms with Gasteiger partial charge < -0.3 is 10.1 Å². The number of fused-ring (bicyclic) bond motifs is 1. The third-order valence-corrected chi connectivity index (χ3v) is 6.40. The minimum Gasteiger partial charge on any atom is -0.370 e. The molecule has 5 rings (SSSR count). The van der Waals surface area contributed by atoms with Crippen molar-refractivity contribution >= 4 is 5.82 Å². The van der Waals surface area contributed by atoms with Crippen LogP contribution in [0, 0.1) is 0 Å². The Morgan fingerprint density at radius 3 is 2.15 bits per heavy atom. The van der Waals surface area contributed by atoms with Crippen molar-refractivity contribution in [3.05, 3.63) is 113 Å². The highest BCUT2D eigenvalue weighted by molar-refractivity contribution is 5.57. The lowest BCUT2D eigenvalue weighted by Gasteiger charge is -2.32. The Labute approximate surface area is 202 Å². The zero-order chi connectivity index (χ0) is 23.4. The largest absolute Gasteiger partial charge is 0.370 e. The Bertz CT molecular complexity index is 1240. The van der Waals surface area contributed by atoms with Crippen LogP contribution in [0.4, 0.5) is 5.82 Å². The fraction of sp³-hybridized carbons (Fsp3) is 0.267. The third kappa shape index (κ3) is 5.02. The number of anilines is 1. The van der Waals surface area contributed by atoms with Crippen LogP contribution in [0.25, 0.3) is 11.4 Å². The van der Waals surface area contributed by atoms with Crippen LogP contribution in [0.3, 0.4) is 0 Å². The molecule has 0 saturated heterocycles. The third-order valence-electron chi connectivity index (χ3n) is 6.40. The van der Waals surface area contributed by atoms with Gasteiger partial charge in [-0.3, -0.25) is 0 Å². The molecule has 0 bridgehead atoms. The van der Waals surface area contributed by atoms with Crippen molar-refractivity contribution in [2.45, 2.75) is 45.4 Å². The molecule has 34 heavy (non-hydrogen) atoms. The summed E-state index contributed by atoms with van der Waals surface area (Å²) < 4.78 is 8.65. The fourth-order valence-electron chi connectivity index (χ4n) is 4.60. The maximum atomic E-state index is 6.25. The molecule has 0 fully saturated rings. The molecule has 0 aliphatic carbocycles. The van der Waals surface area contributed by atoms with E-state index in [1.807, 2.05) is 0 Å². The zero-order valence-corrected chi connectivity index (χ0v) is 20.0. The number of nitrogens with zero attached hydrogens (tertiary/aromatic N) is 2. The molecule has 1 aromatic heterocycles. The highest BCUT2D eigenvalue weighted by atomic mass is 16.5. The van der Waals surface area contributed by atoms with Crippen LogP contribution in [0.15, 0.2) is 91.0 Å². The first-order valence-corrected chi connectivity index (χ1v) is 12.1. The van der Waals surface area contributed by atoms with Gasteiger partial charge >= 0.3 is 5.82 Å². The van der Waals surface area contributed by atoms with E-state index in [0.29, 0.717) is 6.61 Å². The molecule has 0 spiro atoms. The highest BCUT2D eigenvalue weighted by Gasteiger charge is 2.36. The number of hydrogen-bond acceptors (Lipinski definition) is 3. The van der Waals surface area contributed by atoms with Gasteiger partial charge in [0.25, 0.3) is 5.82 Å². The topological polar surface area (TPSA) is 38.0 Å². The molecule has 0 radical (unpaired) electrons. The van der Waals surface area contributed by atoms with Gasteiger partial charge in [0, 0.05) is 13.0 Å². The van der Waals surface area contributed by atoms with Crippen LogP contribution in [-0.2, 0) is 30.7 Å². The number of benzene rings is 3. The van der Waals surface area contributed by atoms with Crippen LogP contribution in [0.2, 0.25) is 0 Å². The number of nitrogens with one attached hydrogen (secondary N) is 1. The van der Waals surface area contributed by atoms with E-state index in [4.69, 9.17) is 9.72 Å². The van der Waals surface area contributed by atoms with E-state index in [2.05, 4.69) is 115 Å². The number of ether oxygens (including phenoxy) is 1. The van der Waals surface area contributed by atoms with E-state index in [-0.39, 0.29) is 5.60 Å². The quantitative estimate of drug-likeness (QED) is 0.373. The molecular formula is C30H32N3O+. The smallest absolute Gasteiger partial charge is 0.333 e. The molecule has 1 aliphatic heterocycles. The average Bonchev–Trinajstić information content (AvgIpc) is 2.86. The monoisotopic (exact) mass is 450 g/mol. The van der Waals surface area contributed by atoms with Crippen LogP contribution >= 0.6 is 0 Å². The summed E-state index contributed by atoms with van der Waals surface area (Å²) in [6, 6.07) is 31.7. The predicted octanol–water partition coefficient (Wildman–Crippen LogP) is 5.59. The Hall–Kier alpha value is -3.50. The summed E-state index contributed by atoms with van der Waals surface area (Å²) in [7, 11) is 0. The van der Waals surface area contributed by atoms with Crippen molar-refractivity contribution < 1.29 is 9.30 Å². The van der Waals surface area contributed by atoms with Gasteiger partial charge in [0.1, 0.15) is 12.2 Å². The van der Waals surface area contributed by atoms with Gasteiger partial charge in [0.15, 0.2) is 0 Å². The van der Waals surface area contributed by atoms with Crippen LogP contribution < -0.4 is 9.88 Å². The van der Waals surface area contributed by atoms with E-state index in [9.17, 15) is 0 Å². The second kappa shape index (κ2) is 9.78. The first-order chi connectivity index (χ1) is 16.6. The van der Waals surface area contributed by atoms with Crippen molar-refractivity contribution in [1.82, 2.24) is 4.98 Å². The highest BCUT2D eigenvalue weighted by Crippen LogP contribution is 2.31. The molecule has 4 nitrogen and oxygen atoms in total. The first kappa shape index (κ1) is 22.3. The number of hydrogen-bond donors (Lipinski definition) is 1. The maximum absolute atomic E-state index is 6.25. The number of aromatic nitrogens is 2. The van der Waals surface area contributed by atoms with E-state index in [0.717, 1.165) is 43.1 Å². The van der Waals surface area contributed by atoms with Gasteiger partial charge in [-0.05, 0) is 48.5 Å². The number of rotatable bonds is 7. The first-order valence-electron chi connectivity index (χ1n) is 12.1. The summed E-state index contributed by atoms with van der Waals surface area (Å²) in [6.45, 7) is 6.51. The lowest BCUT2D eigenvalue weighted by atomic mass is 9.95. The Kier molecular flexibility index (Phi) is 6.41. The summed E-state index contributed by atoms with van der Waals surface area (Å²) >= 11 is 0. The van der Waals surface area contributed by atoms with E-state index >= 15 is 0 Å². The summed E-state index contributed by atoms with van der Waals surface area (Å²) in [5.41, 5.74) is 5.96. The van der Waals surface area contributed by atoms with Gasteiger partial charge in [0.05, 0.1) is 23.3 Å². The van der Waals surface area contributed by atoms with E-state index < -0.39 is 0 Å². The SMILES string of the molecule is CC1(C)Cc2c(c(NCCc3ccccc3)nc(-c3ccccc3)[n+]2Cc2ccccc2)CO1. The normalized spacial score (nSPS) is 14.4. The summed E-state index contributed by atoms with van der Waals surface area (Å²) in [4.78, 5) is 5.20. The fourth-order valence-corrected chi connectivity index (χ4v) is 4.60. The minimum absolute atomic E-state index is 0.220. The van der Waals surface area contributed by atoms with Crippen molar-refractivity contribution in [3.8, 4) is 11.4 Å². The van der Waals surface area contributed by atoms with Crippen molar-refractivity contribution in [2.24, 2.45) is 0 Å². The van der Waals surface area contributed by atoms with Crippen molar-refractivity contribution in [1.29, 1.82) is 0 Å². The van der Waals surface area contributed by atoms with Gasteiger partial charge in [-0.2, -0.15) is 0 Å². The Morgan fingerprint density at radius 1 is 0.853 bits per heavy atom. The van der Waals surface area contributed by atoms with Crippen LogP contribution in [0.1, 0.15) is 36.2 Å². The van der Waals surface area contributed by atoms with E-state index in [1.165, 1.54) is 22.4 Å². The standard InChI is InChI=1S/C30H31N3O/c1-30(2)20-27-26(22-34-30)28(31-19-18-23-12-6-3-7-13-23)32-29(25-16-10-5-11-17-25)33(27)21-24-14-8-4-9-15-24/h3-17H,18-22H2,1-2H3/p+1. The van der Waals surface area contributed by atoms with Gasteiger partial charge in [-0.1, -0.05) is 78.9 Å². The van der Waals surface area contributed by atoms with Gasteiger partial charge in [0.2, 0.25) is 0 Å². The molecule has 4 aromatic rings. The molecule has 172 valence electrons. The molecule has 1 N–H and O–H groups in total. The molecule has 0 saturated carbocycles. The summed E-state index contributed by atoms with van der Waals surface area (Å²) in [5, 5.41) is 3.65. The van der Waals surface area contributed by atoms with Crippen molar-refractivity contribution in [2.75, 3.05) is 11.9 Å². The molecule has 1 aliphatic rings. The van der Waals surface area contributed by atoms with E-state index in [1.54, 1.807) is 0 Å². The molecular weight excluding hydrogens is 418 g/mol. The molecule has 2 heterocycles. The molecule has 0 amide bonds. The zero-order valence-electron chi connectivity index (χ0n) is 20.0. The van der Waals surface area contributed by atoms with Crippen molar-refractivity contribution in [3.63, 3.8) is 0 Å². The van der Waals surface area contributed by atoms with Crippen LogP contribution in [0.5, 0.6) is 0 Å². The predicted molar refractivity (Wildman–Crippen MR) is 137 cm³/mol. The molecule has 3 aromatic carbocycles. The molecule has 0 atom stereocenters. The molecule has 4 heteroatoms. The Balaban J connectivity index is 1.58. The second-order valence-corrected chi connectivity index (χ2v) is 9.53. The minimum atomic E-state index is -0.220. The second-order valence-electron chi connectivity index (χ2n) is 9.53. The summed E-state index contributed by atoms with van der Waals surface area (Å²) in [5.74, 6) is 1.92. The average molecular weight is 451 g/mol. The lowest BCUT2D eigenvalue weighted by Crippen LogP contribution is -2.49. The van der Waals surface area contributed by atoms with Gasteiger partial charge in [-0.15, -0.1) is 0 Å². The lowest BCUT2D eigenvalue weighted by molar-refractivity contribution is -0.689. The van der Waals surface area contributed by atoms with Crippen LogP contribution in [-0.4, -0.2) is 17.1 Å². The Morgan fingerprint density at radius 2 is 1.47 bits per heavy atom. The summed E-state index contributed by atoms with van der Waals surface area (Å²) in [6.07, 6.45) is 1.79. The molecule has 0 unspecified atom stereocenters.